The number of nitrogens with one attached hydrogen (secondary N) is 2. The van der Waals surface area contributed by atoms with E-state index in [-0.39, 0.29) is 0 Å². The molecule has 3 aliphatic rings. The van der Waals surface area contributed by atoms with Gasteiger partial charge in [0.05, 0.1) is 0 Å². The molecular weight excluding hydrogens is 250 g/mol. The molecule has 0 radical (unpaired) electrons. The molecule has 5 heteroatoms. The lowest BCUT2D eigenvalue weighted by Crippen LogP contribution is -2.57. The maximum Gasteiger partial charge on any atom is 0.224 e. The summed E-state index contributed by atoms with van der Waals surface area (Å²) in [5, 5.41) is 6.87. The average Bonchev–Trinajstić information content (AvgIpc) is 3.00. The Hall–Kier alpha value is -1.36. The van der Waals surface area contributed by atoms with Crippen LogP contribution in [0.15, 0.2) is 12.3 Å². The van der Waals surface area contributed by atoms with Crippen molar-refractivity contribution in [3.8, 4) is 0 Å². The summed E-state index contributed by atoms with van der Waals surface area (Å²) in [6.45, 7) is 2.09. The molecule has 1 aromatic heterocycles. The van der Waals surface area contributed by atoms with E-state index in [9.17, 15) is 0 Å². The molecule has 3 unspecified atom stereocenters. The molecule has 5 nitrogen and oxygen atoms in total. The van der Waals surface area contributed by atoms with E-state index in [0.29, 0.717) is 12.1 Å². The lowest BCUT2D eigenvalue weighted by Gasteiger charge is -2.40. The standard InChI is InChI=1S/C15H23N5/c1-16-12-8-20(9-12)14-4-5-17-15(19-14)18-13-7-10-2-3-11(13)6-10/h4-5,10-13,16H,2-3,6-9H2,1H3,(H,17,18,19). The van der Waals surface area contributed by atoms with Crippen molar-refractivity contribution in [2.24, 2.45) is 11.8 Å². The maximum absolute atomic E-state index is 4.69. The van der Waals surface area contributed by atoms with Crippen LogP contribution in [-0.2, 0) is 0 Å². The summed E-state index contributed by atoms with van der Waals surface area (Å²) in [6.07, 6.45) is 7.42. The fraction of sp³-hybridized carbons (Fsp3) is 0.733. The van der Waals surface area contributed by atoms with Crippen LogP contribution in [0.1, 0.15) is 25.7 Å². The number of hydrogen-bond donors (Lipinski definition) is 2. The zero-order valence-corrected chi connectivity index (χ0v) is 12.0. The molecule has 1 aliphatic heterocycles. The minimum Gasteiger partial charge on any atom is -0.353 e. The highest BCUT2D eigenvalue weighted by Crippen LogP contribution is 2.45. The van der Waals surface area contributed by atoms with Gasteiger partial charge in [-0.15, -0.1) is 0 Å². The monoisotopic (exact) mass is 273 g/mol. The first-order chi connectivity index (χ1) is 9.81. The summed E-state index contributed by atoms with van der Waals surface area (Å²) >= 11 is 0. The number of aromatic nitrogens is 2. The number of fused-ring (bicyclic) bond motifs is 2. The zero-order chi connectivity index (χ0) is 13.5. The second-order valence-corrected chi connectivity index (χ2v) is 6.55. The normalized spacial score (nSPS) is 32.5. The molecule has 0 amide bonds. The van der Waals surface area contributed by atoms with Crippen molar-refractivity contribution < 1.29 is 0 Å². The predicted octanol–water partition coefficient (Wildman–Crippen LogP) is 1.49. The molecule has 108 valence electrons. The van der Waals surface area contributed by atoms with E-state index < -0.39 is 0 Å². The summed E-state index contributed by atoms with van der Waals surface area (Å²) in [6, 6.07) is 3.22. The van der Waals surface area contributed by atoms with Gasteiger partial charge in [-0.2, -0.15) is 4.98 Å². The Balaban J connectivity index is 1.41. The molecule has 2 aliphatic carbocycles. The first kappa shape index (κ1) is 12.4. The molecule has 4 rings (SSSR count). The van der Waals surface area contributed by atoms with E-state index in [0.717, 1.165) is 36.7 Å². The van der Waals surface area contributed by atoms with Crippen molar-refractivity contribution in [3.05, 3.63) is 12.3 Å². The van der Waals surface area contributed by atoms with Crippen molar-refractivity contribution in [1.82, 2.24) is 15.3 Å². The van der Waals surface area contributed by atoms with Gasteiger partial charge in [0, 0.05) is 31.4 Å². The number of likely N-dealkylation sites (N-methyl/N-ethyl adjacent to an activating group) is 1. The fourth-order valence-corrected chi connectivity index (χ4v) is 4.03. The van der Waals surface area contributed by atoms with Gasteiger partial charge in [-0.05, 0) is 44.2 Å². The van der Waals surface area contributed by atoms with Crippen LogP contribution in [0.3, 0.4) is 0 Å². The maximum atomic E-state index is 4.69. The van der Waals surface area contributed by atoms with Crippen LogP contribution in [0, 0.1) is 11.8 Å². The van der Waals surface area contributed by atoms with Gasteiger partial charge in [-0.3, -0.25) is 0 Å². The minimum absolute atomic E-state index is 0.602. The Morgan fingerprint density at radius 3 is 2.85 bits per heavy atom. The summed E-state index contributed by atoms with van der Waals surface area (Å²) in [4.78, 5) is 11.4. The Kier molecular flexibility index (Phi) is 3.02. The van der Waals surface area contributed by atoms with Crippen LogP contribution in [0.2, 0.25) is 0 Å². The zero-order valence-electron chi connectivity index (χ0n) is 12.0. The van der Waals surface area contributed by atoms with Gasteiger partial charge < -0.3 is 15.5 Å². The Bertz CT molecular complexity index is 485. The van der Waals surface area contributed by atoms with E-state index in [4.69, 9.17) is 0 Å². The molecule has 2 saturated carbocycles. The van der Waals surface area contributed by atoms with Gasteiger partial charge in [-0.25, -0.2) is 4.98 Å². The third-order valence-corrected chi connectivity index (χ3v) is 5.31. The van der Waals surface area contributed by atoms with Crippen LogP contribution < -0.4 is 15.5 Å². The van der Waals surface area contributed by atoms with Crippen molar-refractivity contribution >= 4 is 11.8 Å². The second-order valence-electron chi connectivity index (χ2n) is 6.55. The van der Waals surface area contributed by atoms with Gasteiger partial charge in [0.1, 0.15) is 5.82 Å². The van der Waals surface area contributed by atoms with E-state index >= 15 is 0 Å². The van der Waals surface area contributed by atoms with Crippen LogP contribution in [-0.4, -0.2) is 42.2 Å². The van der Waals surface area contributed by atoms with Crippen molar-refractivity contribution in [2.45, 2.75) is 37.8 Å². The van der Waals surface area contributed by atoms with Crippen LogP contribution in [0.5, 0.6) is 0 Å². The molecule has 2 bridgehead atoms. The van der Waals surface area contributed by atoms with Gasteiger partial charge in [-0.1, -0.05) is 6.42 Å². The Labute approximate surface area is 120 Å². The largest absolute Gasteiger partial charge is 0.353 e. The highest BCUT2D eigenvalue weighted by atomic mass is 15.3. The fourth-order valence-electron chi connectivity index (χ4n) is 4.03. The highest BCUT2D eigenvalue weighted by Gasteiger charge is 2.39. The molecular formula is C15H23N5. The third kappa shape index (κ3) is 2.14. The van der Waals surface area contributed by atoms with Gasteiger partial charge in [0.2, 0.25) is 5.95 Å². The number of nitrogens with zero attached hydrogens (tertiary/aromatic N) is 3. The molecule has 20 heavy (non-hydrogen) atoms. The summed E-state index contributed by atoms with van der Waals surface area (Å²) < 4.78 is 0. The second kappa shape index (κ2) is 4.88. The summed E-state index contributed by atoms with van der Waals surface area (Å²) in [5.74, 6) is 3.67. The average molecular weight is 273 g/mol. The molecule has 3 atom stereocenters. The number of hydrogen-bond acceptors (Lipinski definition) is 5. The van der Waals surface area contributed by atoms with Crippen molar-refractivity contribution in [3.63, 3.8) is 0 Å². The van der Waals surface area contributed by atoms with Crippen molar-refractivity contribution in [2.75, 3.05) is 30.4 Å². The molecule has 2 heterocycles. The van der Waals surface area contributed by atoms with Crippen LogP contribution in [0.4, 0.5) is 11.8 Å². The first-order valence-corrected chi connectivity index (χ1v) is 7.83. The van der Waals surface area contributed by atoms with Gasteiger partial charge in [0.25, 0.3) is 0 Å². The van der Waals surface area contributed by atoms with E-state index in [1.165, 1.54) is 25.7 Å². The molecule has 0 spiro atoms. The highest BCUT2D eigenvalue weighted by molar-refractivity contribution is 5.46. The minimum atomic E-state index is 0.602. The third-order valence-electron chi connectivity index (χ3n) is 5.31. The SMILES string of the molecule is CNC1CN(c2ccnc(NC3CC4CCC3C4)n2)C1. The van der Waals surface area contributed by atoms with Gasteiger partial charge in [0.15, 0.2) is 0 Å². The first-order valence-electron chi connectivity index (χ1n) is 7.83. The molecule has 3 fully saturated rings. The Morgan fingerprint density at radius 2 is 2.15 bits per heavy atom. The molecule has 0 aromatic carbocycles. The predicted molar refractivity (Wildman–Crippen MR) is 80.0 cm³/mol. The van der Waals surface area contributed by atoms with Crippen molar-refractivity contribution in [1.29, 1.82) is 0 Å². The quantitative estimate of drug-likeness (QED) is 0.870. The molecule has 1 saturated heterocycles. The van der Waals surface area contributed by atoms with Crippen LogP contribution >= 0.6 is 0 Å². The van der Waals surface area contributed by atoms with E-state index in [1.54, 1.807) is 0 Å². The molecule has 2 N–H and O–H groups in total. The van der Waals surface area contributed by atoms with Crippen LogP contribution in [0.25, 0.3) is 0 Å². The summed E-state index contributed by atoms with van der Waals surface area (Å²) in [5.41, 5.74) is 0. The smallest absolute Gasteiger partial charge is 0.224 e. The summed E-state index contributed by atoms with van der Waals surface area (Å²) in [7, 11) is 2.02. The van der Waals surface area contributed by atoms with E-state index in [1.807, 2.05) is 19.3 Å². The lowest BCUT2D eigenvalue weighted by molar-refractivity contribution is 0.436. The Morgan fingerprint density at radius 1 is 1.25 bits per heavy atom. The lowest BCUT2D eigenvalue weighted by atomic mass is 9.95. The number of anilines is 2. The van der Waals surface area contributed by atoms with Gasteiger partial charge >= 0.3 is 0 Å². The van der Waals surface area contributed by atoms with E-state index in [2.05, 4.69) is 25.5 Å². The molecule has 1 aromatic rings. The topological polar surface area (TPSA) is 53.1 Å². The number of rotatable bonds is 4.